The molecule has 1 amide bonds. The fraction of sp³-hybridized carbons (Fsp3) is 0.400. The Hall–Kier alpha value is -2.24. The molecule has 0 aliphatic carbocycles. The van der Waals surface area contributed by atoms with Crippen LogP contribution in [0.25, 0.3) is 11.3 Å². The maximum absolute atomic E-state index is 11.7. The van der Waals surface area contributed by atoms with Crippen molar-refractivity contribution in [3.63, 3.8) is 0 Å². The lowest BCUT2D eigenvalue weighted by Crippen LogP contribution is -2.49. The van der Waals surface area contributed by atoms with E-state index in [-0.39, 0.29) is 5.91 Å². The number of rotatable bonds is 6. The number of benzene rings is 1. The van der Waals surface area contributed by atoms with Crippen LogP contribution in [0, 0.1) is 0 Å². The Balaban J connectivity index is 1.48. The number of carbonyl (C=O) groups is 1. The second-order valence-corrected chi connectivity index (χ2v) is 6.42. The van der Waals surface area contributed by atoms with Crippen molar-refractivity contribution in [3.05, 3.63) is 54.2 Å². The number of nitrogens with zero attached hydrogens (tertiary/aromatic N) is 3. The molecule has 1 aromatic heterocycles. The van der Waals surface area contributed by atoms with Gasteiger partial charge in [0.2, 0.25) is 5.91 Å². The van der Waals surface area contributed by atoms with Crippen molar-refractivity contribution in [2.24, 2.45) is 0 Å². The van der Waals surface area contributed by atoms with E-state index in [2.05, 4.69) is 44.4 Å². The van der Waals surface area contributed by atoms with Gasteiger partial charge in [-0.3, -0.25) is 19.6 Å². The van der Waals surface area contributed by atoms with Crippen LogP contribution in [0.2, 0.25) is 0 Å². The lowest BCUT2D eigenvalue weighted by atomic mass is 10.1. The third-order valence-electron chi connectivity index (χ3n) is 4.53. The van der Waals surface area contributed by atoms with Crippen molar-refractivity contribution in [2.75, 3.05) is 39.3 Å². The number of pyridine rings is 1. The number of amides is 1. The summed E-state index contributed by atoms with van der Waals surface area (Å²) < 4.78 is 0. The van der Waals surface area contributed by atoms with Gasteiger partial charge in [0.15, 0.2) is 0 Å². The highest BCUT2D eigenvalue weighted by Gasteiger charge is 2.18. The fourth-order valence-electron chi connectivity index (χ4n) is 3.13. The van der Waals surface area contributed by atoms with Gasteiger partial charge in [-0.05, 0) is 24.6 Å². The quantitative estimate of drug-likeness (QED) is 0.875. The molecule has 0 radical (unpaired) electrons. The Kier molecular flexibility index (Phi) is 6.14. The second-order valence-electron chi connectivity index (χ2n) is 6.42. The minimum absolute atomic E-state index is 0.126. The fourth-order valence-corrected chi connectivity index (χ4v) is 3.13. The third kappa shape index (κ3) is 5.11. The van der Waals surface area contributed by atoms with Crippen LogP contribution in [-0.4, -0.2) is 60.0 Å². The Morgan fingerprint density at radius 2 is 1.76 bits per heavy atom. The van der Waals surface area contributed by atoms with Gasteiger partial charge in [0.1, 0.15) is 0 Å². The smallest absolute Gasteiger partial charge is 0.234 e. The number of likely N-dealkylation sites (N-methyl/N-ethyl adjacent to an activating group) is 1. The lowest BCUT2D eigenvalue weighted by molar-refractivity contribution is -0.122. The van der Waals surface area contributed by atoms with Gasteiger partial charge < -0.3 is 5.32 Å². The van der Waals surface area contributed by atoms with E-state index in [4.69, 9.17) is 0 Å². The molecule has 1 aliphatic rings. The van der Waals surface area contributed by atoms with E-state index < -0.39 is 0 Å². The van der Waals surface area contributed by atoms with Crippen LogP contribution < -0.4 is 5.32 Å². The first kappa shape index (κ1) is 17.6. The van der Waals surface area contributed by atoms with Crippen molar-refractivity contribution in [3.8, 4) is 11.3 Å². The van der Waals surface area contributed by atoms with E-state index in [1.807, 2.05) is 31.3 Å². The molecule has 0 spiro atoms. The number of carbonyl (C=O) groups excluding carboxylic acids is 1. The molecule has 0 atom stereocenters. The van der Waals surface area contributed by atoms with Gasteiger partial charge in [-0.2, -0.15) is 0 Å². The molecule has 0 unspecified atom stereocenters. The number of piperazine rings is 1. The molecular formula is C20H26N4O. The zero-order valence-electron chi connectivity index (χ0n) is 14.8. The number of aromatic nitrogens is 1. The largest absolute Gasteiger partial charge is 0.355 e. The normalized spacial score (nSPS) is 15.9. The highest BCUT2D eigenvalue weighted by molar-refractivity contribution is 5.77. The monoisotopic (exact) mass is 338 g/mol. The number of nitrogens with one attached hydrogen (secondary N) is 1. The molecule has 25 heavy (non-hydrogen) atoms. The van der Waals surface area contributed by atoms with Gasteiger partial charge in [0.25, 0.3) is 0 Å². The number of hydrogen-bond donors (Lipinski definition) is 1. The van der Waals surface area contributed by atoms with Crippen LogP contribution in [0.15, 0.2) is 48.7 Å². The van der Waals surface area contributed by atoms with Crippen LogP contribution in [0.3, 0.4) is 0 Å². The van der Waals surface area contributed by atoms with Crippen LogP contribution in [0.5, 0.6) is 0 Å². The Labute approximate surface area is 149 Å². The van der Waals surface area contributed by atoms with Crippen molar-refractivity contribution in [1.82, 2.24) is 20.1 Å². The zero-order chi connectivity index (χ0) is 17.5. The molecule has 5 heteroatoms. The zero-order valence-corrected chi connectivity index (χ0v) is 14.8. The summed E-state index contributed by atoms with van der Waals surface area (Å²) in [4.78, 5) is 20.7. The predicted molar refractivity (Wildman–Crippen MR) is 100 cm³/mol. The minimum atomic E-state index is 0.126. The summed E-state index contributed by atoms with van der Waals surface area (Å²) in [6.45, 7) is 8.02. The summed E-state index contributed by atoms with van der Waals surface area (Å²) in [6, 6.07) is 14.6. The molecule has 1 fully saturated rings. The molecule has 2 aromatic rings. The highest BCUT2D eigenvalue weighted by atomic mass is 16.2. The average molecular weight is 338 g/mol. The Morgan fingerprint density at radius 3 is 2.40 bits per heavy atom. The molecule has 1 aliphatic heterocycles. The van der Waals surface area contributed by atoms with Gasteiger partial charge in [-0.1, -0.05) is 30.3 Å². The third-order valence-corrected chi connectivity index (χ3v) is 4.53. The summed E-state index contributed by atoms with van der Waals surface area (Å²) >= 11 is 0. The van der Waals surface area contributed by atoms with Crippen molar-refractivity contribution in [1.29, 1.82) is 0 Å². The van der Waals surface area contributed by atoms with Crippen LogP contribution in [-0.2, 0) is 11.3 Å². The highest BCUT2D eigenvalue weighted by Crippen LogP contribution is 2.18. The van der Waals surface area contributed by atoms with E-state index in [0.717, 1.165) is 44.0 Å². The molecule has 0 bridgehead atoms. The summed E-state index contributed by atoms with van der Waals surface area (Å²) in [7, 11) is 0. The van der Waals surface area contributed by atoms with E-state index in [0.29, 0.717) is 13.1 Å². The topological polar surface area (TPSA) is 48.5 Å². The maximum Gasteiger partial charge on any atom is 0.234 e. The van der Waals surface area contributed by atoms with Gasteiger partial charge in [0, 0.05) is 51.0 Å². The number of hydrogen-bond acceptors (Lipinski definition) is 4. The Morgan fingerprint density at radius 1 is 1.04 bits per heavy atom. The van der Waals surface area contributed by atoms with Gasteiger partial charge in [0.05, 0.1) is 12.2 Å². The van der Waals surface area contributed by atoms with Crippen LogP contribution in [0.1, 0.15) is 12.5 Å². The molecule has 1 N–H and O–H groups in total. The summed E-state index contributed by atoms with van der Waals surface area (Å²) in [6.07, 6.45) is 1.82. The summed E-state index contributed by atoms with van der Waals surface area (Å²) in [5, 5.41) is 2.86. The van der Waals surface area contributed by atoms with Gasteiger partial charge in [-0.15, -0.1) is 0 Å². The second kappa shape index (κ2) is 8.74. The first-order valence-corrected chi connectivity index (χ1v) is 8.96. The molecule has 1 aromatic carbocycles. The van der Waals surface area contributed by atoms with Crippen molar-refractivity contribution < 1.29 is 4.79 Å². The van der Waals surface area contributed by atoms with Crippen molar-refractivity contribution in [2.45, 2.75) is 13.5 Å². The summed E-state index contributed by atoms with van der Waals surface area (Å²) in [5.74, 6) is 0.126. The predicted octanol–water partition coefficient (Wildman–Crippen LogP) is 2.00. The average Bonchev–Trinajstić information content (AvgIpc) is 2.65. The molecular weight excluding hydrogens is 312 g/mol. The molecule has 2 heterocycles. The first-order chi connectivity index (χ1) is 12.2. The standard InChI is InChI=1S/C20H26N4O/c1-2-21-20(25)16-24-13-11-23(12-14-24)15-17-6-8-18(9-7-17)19-5-3-4-10-22-19/h3-10H,2,11-16H2,1H3,(H,21,25). The molecule has 1 saturated heterocycles. The van der Waals surface area contributed by atoms with E-state index >= 15 is 0 Å². The molecule has 132 valence electrons. The SMILES string of the molecule is CCNC(=O)CN1CCN(Cc2ccc(-c3ccccn3)cc2)CC1. The van der Waals surface area contributed by atoms with E-state index in [1.165, 1.54) is 5.56 Å². The van der Waals surface area contributed by atoms with Gasteiger partial charge >= 0.3 is 0 Å². The maximum atomic E-state index is 11.7. The van der Waals surface area contributed by atoms with Gasteiger partial charge in [-0.25, -0.2) is 0 Å². The first-order valence-electron chi connectivity index (χ1n) is 8.96. The van der Waals surface area contributed by atoms with Crippen molar-refractivity contribution >= 4 is 5.91 Å². The van der Waals surface area contributed by atoms with Crippen LogP contribution >= 0.6 is 0 Å². The Bertz CT molecular complexity index is 664. The van der Waals surface area contributed by atoms with Crippen LogP contribution in [0.4, 0.5) is 0 Å². The molecule has 0 saturated carbocycles. The van der Waals surface area contributed by atoms with E-state index in [1.54, 1.807) is 0 Å². The molecule has 3 rings (SSSR count). The summed E-state index contributed by atoms with van der Waals surface area (Å²) in [5.41, 5.74) is 3.47. The molecule has 5 nitrogen and oxygen atoms in total. The van der Waals surface area contributed by atoms with E-state index in [9.17, 15) is 4.79 Å². The minimum Gasteiger partial charge on any atom is -0.355 e. The lowest BCUT2D eigenvalue weighted by Gasteiger charge is -2.34.